The Morgan fingerprint density at radius 3 is 2.94 bits per heavy atom. The molecule has 162 valence electrons. The molecule has 2 aromatic rings. The van der Waals surface area contributed by atoms with Gasteiger partial charge in [-0.1, -0.05) is 18.2 Å². The van der Waals surface area contributed by atoms with E-state index in [0.717, 1.165) is 57.4 Å². The highest BCUT2D eigenvalue weighted by atomic mass is 32.1. The fourth-order valence-electron chi connectivity index (χ4n) is 5.14. The highest BCUT2D eigenvalue weighted by molar-refractivity contribution is 7.18. The third-order valence-corrected chi connectivity index (χ3v) is 7.74. The Kier molecular flexibility index (Phi) is 4.85. The third kappa shape index (κ3) is 3.53. The Balaban J connectivity index is 1.29. The van der Waals surface area contributed by atoms with Gasteiger partial charge in [0.2, 0.25) is 0 Å². The van der Waals surface area contributed by atoms with E-state index in [4.69, 9.17) is 0 Å². The lowest BCUT2D eigenvalue weighted by molar-refractivity contribution is -0.122. The summed E-state index contributed by atoms with van der Waals surface area (Å²) in [5.74, 6) is -0.0162. The molecule has 0 radical (unpaired) electrons. The van der Waals surface area contributed by atoms with Gasteiger partial charge >= 0.3 is 0 Å². The lowest BCUT2D eigenvalue weighted by atomic mass is 10.0. The molecular formula is C26H26N4OS. The van der Waals surface area contributed by atoms with Crippen molar-refractivity contribution in [3.63, 3.8) is 0 Å². The standard InChI is InChI=1S/C26H26N4OS/c1-18-27-24-10-7-20(14-25(24)32-18)19-4-2-5-21-8-9-23(17-30(21)26(31)15-19)29-13-12-28-11-3-6-22(28)16-29/h2,4-5,7-10,14-15,17,22H,3,6,11-13,16H2,1H3/b4-2+,19-15+,21-5+/t22-/m0/s1. The quantitative estimate of drug-likeness (QED) is 0.688. The van der Waals surface area contributed by atoms with Crippen LogP contribution in [0, 0.1) is 6.92 Å². The van der Waals surface area contributed by atoms with Crippen LogP contribution in [-0.2, 0) is 4.79 Å². The van der Waals surface area contributed by atoms with Crippen molar-refractivity contribution in [3.8, 4) is 0 Å². The summed E-state index contributed by atoms with van der Waals surface area (Å²) in [6.45, 7) is 6.43. The van der Waals surface area contributed by atoms with Crippen LogP contribution in [0.3, 0.4) is 0 Å². The number of benzene rings is 1. The number of aromatic nitrogens is 1. The molecule has 1 aromatic carbocycles. The molecule has 6 rings (SSSR count). The summed E-state index contributed by atoms with van der Waals surface area (Å²) >= 11 is 1.68. The van der Waals surface area contributed by atoms with E-state index in [-0.39, 0.29) is 5.91 Å². The maximum absolute atomic E-state index is 13.3. The van der Waals surface area contributed by atoms with Crippen LogP contribution in [0.4, 0.5) is 0 Å². The monoisotopic (exact) mass is 442 g/mol. The summed E-state index contributed by atoms with van der Waals surface area (Å²) in [7, 11) is 0. The number of carbonyl (C=O) groups excluding carboxylic acids is 1. The second kappa shape index (κ2) is 7.87. The van der Waals surface area contributed by atoms with E-state index in [2.05, 4.69) is 39.1 Å². The number of amides is 1. The first-order chi connectivity index (χ1) is 15.6. The molecule has 0 N–H and O–H groups in total. The van der Waals surface area contributed by atoms with E-state index >= 15 is 0 Å². The van der Waals surface area contributed by atoms with E-state index in [1.807, 2.05) is 37.4 Å². The van der Waals surface area contributed by atoms with Crippen LogP contribution in [0.25, 0.3) is 15.8 Å². The minimum Gasteiger partial charge on any atom is -0.367 e. The normalized spacial score (nSPS) is 27.7. The lowest BCUT2D eigenvalue weighted by Gasteiger charge is -2.40. The molecule has 32 heavy (non-hydrogen) atoms. The molecule has 0 saturated carbocycles. The number of hydrogen-bond acceptors (Lipinski definition) is 5. The topological polar surface area (TPSA) is 39.7 Å². The molecule has 0 spiro atoms. The second-order valence-corrected chi connectivity index (χ2v) is 10.1. The molecule has 5 heterocycles. The van der Waals surface area contributed by atoms with Crippen LogP contribution < -0.4 is 0 Å². The number of thiazole rings is 1. The minimum atomic E-state index is -0.0162. The summed E-state index contributed by atoms with van der Waals surface area (Å²) < 4.78 is 1.15. The van der Waals surface area contributed by atoms with Gasteiger partial charge in [0.25, 0.3) is 5.91 Å². The molecule has 1 aromatic heterocycles. The first-order valence-electron chi connectivity index (χ1n) is 11.3. The van der Waals surface area contributed by atoms with Crippen LogP contribution in [0.1, 0.15) is 23.4 Å². The summed E-state index contributed by atoms with van der Waals surface area (Å²) in [5, 5.41) is 1.05. The molecule has 5 nitrogen and oxygen atoms in total. The van der Waals surface area contributed by atoms with Crippen LogP contribution in [0.2, 0.25) is 0 Å². The van der Waals surface area contributed by atoms with E-state index in [1.54, 1.807) is 22.3 Å². The van der Waals surface area contributed by atoms with Gasteiger partial charge in [0.1, 0.15) is 0 Å². The fraction of sp³-hybridized carbons (Fsp3) is 0.308. The van der Waals surface area contributed by atoms with Crippen molar-refractivity contribution < 1.29 is 4.79 Å². The molecule has 4 aliphatic heterocycles. The van der Waals surface area contributed by atoms with E-state index in [1.165, 1.54) is 19.4 Å². The van der Waals surface area contributed by atoms with E-state index in [9.17, 15) is 4.79 Å². The average Bonchev–Trinajstić information content (AvgIpc) is 3.41. The van der Waals surface area contributed by atoms with Crippen molar-refractivity contribution in [1.29, 1.82) is 0 Å². The average molecular weight is 443 g/mol. The molecule has 6 heteroatoms. The van der Waals surface area contributed by atoms with Crippen molar-refractivity contribution in [1.82, 2.24) is 19.7 Å². The number of aryl methyl sites for hydroxylation is 1. The number of fused-ring (bicyclic) bond motifs is 3. The zero-order chi connectivity index (χ0) is 21.7. The molecule has 0 bridgehead atoms. The minimum absolute atomic E-state index is 0.0162. The van der Waals surface area contributed by atoms with Gasteiger partial charge in [-0.25, -0.2) is 4.98 Å². The number of rotatable bonds is 2. The summed E-state index contributed by atoms with van der Waals surface area (Å²) in [6, 6.07) is 6.87. The van der Waals surface area contributed by atoms with E-state index in [0.29, 0.717) is 6.04 Å². The zero-order valence-electron chi connectivity index (χ0n) is 18.2. The first-order valence-corrected chi connectivity index (χ1v) is 12.2. The van der Waals surface area contributed by atoms with Gasteiger partial charge in [0, 0.05) is 43.6 Å². The Hall–Kier alpha value is -2.96. The van der Waals surface area contributed by atoms with Gasteiger partial charge < -0.3 is 4.90 Å². The second-order valence-electron chi connectivity index (χ2n) is 8.84. The van der Waals surface area contributed by atoms with Gasteiger partial charge in [0.05, 0.1) is 20.9 Å². The highest BCUT2D eigenvalue weighted by Gasteiger charge is 2.32. The first kappa shape index (κ1) is 19.7. The summed E-state index contributed by atoms with van der Waals surface area (Å²) in [4.78, 5) is 24.7. The third-order valence-electron chi connectivity index (χ3n) is 6.80. The van der Waals surface area contributed by atoms with Crippen molar-refractivity contribution in [3.05, 3.63) is 82.8 Å². The molecule has 0 aliphatic carbocycles. The highest BCUT2D eigenvalue weighted by Crippen LogP contribution is 2.30. The molecular weight excluding hydrogens is 416 g/mol. The predicted octanol–water partition coefficient (Wildman–Crippen LogP) is 4.46. The SMILES string of the molecule is Cc1nc2ccc(C3=C\C(=O)N4C=C(N5CCN6CCC[C@H]6C5)C=C\C4=C/C=C/3)cc2s1. The smallest absolute Gasteiger partial charge is 0.255 e. The van der Waals surface area contributed by atoms with Crippen LogP contribution >= 0.6 is 11.3 Å². The molecule has 4 aliphatic rings. The number of piperazine rings is 1. The lowest BCUT2D eigenvalue weighted by Crippen LogP contribution is -2.49. The van der Waals surface area contributed by atoms with Crippen molar-refractivity contribution in [2.45, 2.75) is 25.8 Å². The van der Waals surface area contributed by atoms with Crippen molar-refractivity contribution in [2.24, 2.45) is 0 Å². The fourth-order valence-corrected chi connectivity index (χ4v) is 6.01. The van der Waals surface area contributed by atoms with E-state index < -0.39 is 0 Å². The Morgan fingerprint density at radius 2 is 2.00 bits per heavy atom. The molecule has 2 fully saturated rings. The van der Waals surface area contributed by atoms with Gasteiger partial charge in [-0.3, -0.25) is 14.6 Å². The number of hydrogen-bond donors (Lipinski definition) is 0. The number of carbonyl (C=O) groups is 1. The Labute approximate surface area is 192 Å². The summed E-state index contributed by atoms with van der Waals surface area (Å²) in [6.07, 6.45) is 16.6. The Bertz CT molecular complexity index is 1250. The molecule has 2 saturated heterocycles. The van der Waals surface area contributed by atoms with Crippen LogP contribution in [-0.4, -0.2) is 57.8 Å². The molecule has 1 amide bonds. The van der Waals surface area contributed by atoms with Crippen LogP contribution in [0.15, 0.2) is 72.2 Å². The van der Waals surface area contributed by atoms with Gasteiger partial charge in [0.15, 0.2) is 0 Å². The zero-order valence-corrected chi connectivity index (χ0v) is 19.0. The molecule has 1 atom stereocenters. The largest absolute Gasteiger partial charge is 0.367 e. The maximum Gasteiger partial charge on any atom is 0.255 e. The predicted molar refractivity (Wildman–Crippen MR) is 130 cm³/mol. The Morgan fingerprint density at radius 1 is 1.09 bits per heavy atom. The van der Waals surface area contributed by atoms with Crippen LogP contribution in [0.5, 0.6) is 0 Å². The number of nitrogens with zero attached hydrogens (tertiary/aromatic N) is 4. The molecule has 0 unspecified atom stereocenters. The maximum atomic E-state index is 13.3. The van der Waals surface area contributed by atoms with Gasteiger partial charge in [-0.05, 0) is 67.8 Å². The van der Waals surface area contributed by atoms with Crippen molar-refractivity contribution in [2.75, 3.05) is 26.2 Å². The van der Waals surface area contributed by atoms with Gasteiger partial charge in [-0.15, -0.1) is 11.3 Å². The summed E-state index contributed by atoms with van der Waals surface area (Å²) in [5.41, 5.74) is 5.00. The van der Waals surface area contributed by atoms with Gasteiger partial charge in [-0.2, -0.15) is 0 Å². The number of allylic oxidation sites excluding steroid dienone is 6. The van der Waals surface area contributed by atoms with Crippen molar-refractivity contribution >= 4 is 33.0 Å².